The van der Waals surface area contributed by atoms with Gasteiger partial charge >= 0.3 is 0 Å². The fraction of sp³-hybridized carbons (Fsp3) is 0.636. The monoisotopic (exact) mass is 288 g/mol. The minimum absolute atomic E-state index is 0.456. The molecule has 15 heavy (non-hydrogen) atoms. The molecule has 1 aliphatic carbocycles. The van der Waals surface area contributed by atoms with Gasteiger partial charge in [0.05, 0.1) is 8.79 Å². The molecule has 0 amide bonds. The van der Waals surface area contributed by atoms with Gasteiger partial charge in [-0.3, -0.25) is 0 Å². The number of thiophene rings is 1. The molecule has 2 rings (SSSR count). The van der Waals surface area contributed by atoms with Crippen LogP contribution in [0.3, 0.4) is 0 Å². The predicted octanol–water partition coefficient (Wildman–Crippen LogP) is 3.44. The second-order valence-corrected chi connectivity index (χ2v) is 6.73. The molecule has 0 radical (unpaired) electrons. The van der Waals surface area contributed by atoms with E-state index in [1.54, 1.807) is 11.3 Å². The van der Waals surface area contributed by atoms with Gasteiger partial charge in [-0.1, -0.05) is 0 Å². The lowest BCUT2D eigenvalue weighted by Gasteiger charge is -2.26. The summed E-state index contributed by atoms with van der Waals surface area (Å²) < 4.78 is 1.19. The standard InChI is InChI=1S/C11H17BrN2S/c12-10-5-6-11(15-10)14-7-8-1-3-9(13)4-2-8/h5-6,8-9,14H,1-4,7,13H2. The van der Waals surface area contributed by atoms with Crippen LogP contribution in [0.5, 0.6) is 0 Å². The largest absolute Gasteiger partial charge is 0.377 e. The molecule has 1 fully saturated rings. The lowest BCUT2D eigenvalue weighted by molar-refractivity contribution is 0.339. The van der Waals surface area contributed by atoms with Crippen molar-refractivity contribution < 1.29 is 0 Å². The molecule has 1 aromatic heterocycles. The Labute approximate surface area is 103 Å². The first-order valence-corrected chi connectivity index (χ1v) is 7.10. The molecule has 84 valence electrons. The van der Waals surface area contributed by atoms with Crippen molar-refractivity contribution in [1.29, 1.82) is 0 Å². The van der Waals surface area contributed by atoms with Crippen molar-refractivity contribution in [2.45, 2.75) is 31.7 Å². The van der Waals surface area contributed by atoms with Gasteiger partial charge in [0.1, 0.15) is 0 Å². The number of rotatable bonds is 3. The molecule has 0 spiro atoms. The van der Waals surface area contributed by atoms with Gasteiger partial charge in [0, 0.05) is 12.6 Å². The van der Waals surface area contributed by atoms with E-state index in [1.807, 2.05) is 0 Å². The summed E-state index contributed by atoms with van der Waals surface area (Å²) in [4.78, 5) is 0. The van der Waals surface area contributed by atoms with Gasteiger partial charge in [-0.15, -0.1) is 11.3 Å². The van der Waals surface area contributed by atoms with E-state index in [1.165, 1.54) is 34.5 Å². The van der Waals surface area contributed by atoms with Crippen LogP contribution in [0.2, 0.25) is 0 Å². The maximum Gasteiger partial charge on any atom is 0.0894 e. The molecule has 3 N–H and O–H groups in total. The summed E-state index contributed by atoms with van der Waals surface area (Å²) in [6.07, 6.45) is 4.95. The van der Waals surface area contributed by atoms with E-state index in [0.29, 0.717) is 6.04 Å². The van der Waals surface area contributed by atoms with Crippen LogP contribution in [0.15, 0.2) is 15.9 Å². The van der Waals surface area contributed by atoms with E-state index in [-0.39, 0.29) is 0 Å². The predicted molar refractivity (Wildman–Crippen MR) is 70.4 cm³/mol. The summed E-state index contributed by atoms with van der Waals surface area (Å²) in [6, 6.07) is 4.67. The van der Waals surface area contributed by atoms with E-state index < -0.39 is 0 Å². The molecule has 0 unspecified atom stereocenters. The fourth-order valence-corrected chi connectivity index (χ4v) is 3.34. The van der Waals surface area contributed by atoms with Crippen LogP contribution < -0.4 is 11.1 Å². The molecule has 4 heteroatoms. The van der Waals surface area contributed by atoms with Crippen molar-refractivity contribution in [3.63, 3.8) is 0 Å². The Kier molecular flexibility index (Phi) is 4.05. The van der Waals surface area contributed by atoms with Crippen molar-refractivity contribution in [1.82, 2.24) is 0 Å². The number of halogens is 1. The van der Waals surface area contributed by atoms with Crippen LogP contribution >= 0.6 is 27.3 Å². The molecule has 0 bridgehead atoms. The Bertz CT molecular complexity index is 305. The SMILES string of the molecule is NC1CCC(CNc2ccc(Br)s2)CC1. The summed E-state index contributed by atoms with van der Waals surface area (Å²) in [5, 5.41) is 4.76. The molecule has 0 saturated heterocycles. The zero-order chi connectivity index (χ0) is 10.7. The normalized spacial score (nSPS) is 26.5. The minimum Gasteiger partial charge on any atom is -0.377 e. The van der Waals surface area contributed by atoms with E-state index in [2.05, 4.69) is 33.4 Å². The van der Waals surface area contributed by atoms with Crippen LogP contribution in [0.1, 0.15) is 25.7 Å². The molecule has 1 saturated carbocycles. The van der Waals surface area contributed by atoms with E-state index in [9.17, 15) is 0 Å². The number of hydrogen-bond acceptors (Lipinski definition) is 3. The van der Waals surface area contributed by atoms with Crippen molar-refractivity contribution in [2.75, 3.05) is 11.9 Å². The lowest BCUT2D eigenvalue weighted by Crippen LogP contribution is -2.29. The Balaban J connectivity index is 1.74. The van der Waals surface area contributed by atoms with Gasteiger partial charge < -0.3 is 11.1 Å². The molecule has 0 aromatic carbocycles. The highest BCUT2D eigenvalue weighted by atomic mass is 79.9. The number of nitrogens with two attached hydrogens (primary N) is 1. The fourth-order valence-electron chi connectivity index (χ4n) is 2.05. The summed E-state index contributed by atoms with van der Waals surface area (Å²) in [5.74, 6) is 0.811. The van der Waals surface area contributed by atoms with E-state index in [4.69, 9.17) is 5.73 Å². The summed E-state index contributed by atoms with van der Waals surface area (Å²) in [7, 11) is 0. The van der Waals surface area contributed by atoms with Crippen LogP contribution in [0.4, 0.5) is 5.00 Å². The van der Waals surface area contributed by atoms with Crippen LogP contribution in [-0.2, 0) is 0 Å². The number of anilines is 1. The van der Waals surface area contributed by atoms with Gasteiger partial charge in [0.25, 0.3) is 0 Å². The smallest absolute Gasteiger partial charge is 0.0894 e. The quantitative estimate of drug-likeness (QED) is 0.894. The first-order chi connectivity index (χ1) is 7.24. The third-order valence-corrected chi connectivity index (χ3v) is 4.61. The van der Waals surface area contributed by atoms with Gasteiger partial charge in [0.2, 0.25) is 0 Å². The highest BCUT2D eigenvalue weighted by Gasteiger charge is 2.18. The Morgan fingerprint density at radius 3 is 2.67 bits per heavy atom. The highest BCUT2D eigenvalue weighted by molar-refractivity contribution is 9.11. The highest BCUT2D eigenvalue weighted by Crippen LogP contribution is 2.28. The molecule has 1 aromatic rings. The zero-order valence-corrected chi connectivity index (χ0v) is 11.1. The average molecular weight is 289 g/mol. The van der Waals surface area contributed by atoms with Crippen LogP contribution in [0.25, 0.3) is 0 Å². The molecule has 0 atom stereocenters. The molecular formula is C11H17BrN2S. The second-order valence-electron chi connectivity index (χ2n) is 4.27. The number of nitrogens with one attached hydrogen (secondary N) is 1. The Hall–Kier alpha value is -0.0600. The number of hydrogen-bond donors (Lipinski definition) is 2. The molecule has 1 heterocycles. The zero-order valence-electron chi connectivity index (χ0n) is 8.71. The third kappa shape index (κ3) is 3.47. The van der Waals surface area contributed by atoms with Crippen molar-refractivity contribution >= 4 is 32.3 Å². The van der Waals surface area contributed by atoms with Gasteiger partial charge in [-0.25, -0.2) is 0 Å². The first kappa shape index (κ1) is 11.4. The average Bonchev–Trinajstić information content (AvgIpc) is 2.64. The topological polar surface area (TPSA) is 38.0 Å². The van der Waals surface area contributed by atoms with E-state index >= 15 is 0 Å². The van der Waals surface area contributed by atoms with Crippen molar-refractivity contribution in [2.24, 2.45) is 11.7 Å². The van der Waals surface area contributed by atoms with Crippen LogP contribution in [-0.4, -0.2) is 12.6 Å². The third-order valence-electron chi connectivity index (χ3n) is 3.03. The van der Waals surface area contributed by atoms with E-state index in [0.717, 1.165) is 12.5 Å². The molecular weight excluding hydrogens is 272 g/mol. The van der Waals surface area contributed by atoms with Crippen molar-refractivity contribution in [3.05, 3.63) is 15.9 Å². The Morgan fingerprint density at radius 1 is 1.33 bits per heavy atom. The minimum atomic E-state index is 0.456. The molecule has 2 nitrogen and oxygen atoms in total. The van der Waals surface area contributed by atoms with Gasteiger partial charge in [0.15, 0.2) is 0 Å². The van der Waals surface area contributed by atoms with Crippen molar-refractivity contribution in [3.8, 4) is 0 Å². The maximum atomic E-state index is 5.88. The second kappa shape index (κ2) is 5.32. The maximum absolute atomic E-state index is 5.88. The summed E-state index contributed by atoms with van der Waals surface area (Å²) in [6.45, 7) is 1.10. The van der Waals surface area contributed by atoms with Crippen LogP contribution in [0, 0.1) is 5.92 Å². The van der Waals surface area contributed by atoms with Gasteiger partial charge in [-0.2, -0.15) is 0 Å². The summed E-state index contributed by atoms with van der Waals surface area (Å²) in [5.41, 5.74) is 5.88. The molecule has 1 aliphatic rings. The molecule has 0 aliphatic heterocycles. The first-order valence-electron chi connectivity index (χ1n) is 5.49. The van der Waals surface area contributed by atoms with Gasteiger partial charge in [-0.05, 0) is 59.7 Å². The summed E-state index contributed by atoms with van der Waals surface area (Å²) >= 11 is 5.23. The lowest BCUT2D eigenvalue weighted by atomic mass is 9.86. The Morgan fingerprint density at radius 2 is 2.07 bits per heavy atom.